The number of rotatable bonds is 4. The number of aromatic amines is 1. The number of H-pyrrole nitrogens is 1. The van der Waals surface area contributed by atoms with Gasteiger partial charge in [0.25, 0.3) is 5.56 Å². The van der Waals surface area contributed by atoms with Crippen LogP contribution in [0, 0.1) is 6.92 Å². The zero-order valence-corrected chi connectivity index (χ0v) is 14.5. The predicted octanol–water partition coefficient (Wildman–Crippen LogP) is 2.75. The van der Waals surface area contributed by atoms with Crippen molar-refractivity contribution in [1.82, 2.24) is 19.6 Å². The van der Waals surface area contributed by atoms with Crippen molar-refractivity contribution in [3.63, 3.8) is 0 Å². The van der Waals surface area contributed by atoms with Gasteiger partial charge < -0.3 is 4.74 Å². The highest BCUT2D eigenvalue weighted by Gasteiger charge is 2.13. The van der Waals surface area contributed by atoms with E-state index in [1.54, 1.807) is 18.3 Å². The number of aryl methyl sites for hydroxylation is 1. The van der Waals surface area contributed by atoms with Gasteiger partial charge in [0.1, 0.15) is 17.9 Å². The van der Waals surface area contributed by atoms with Gasteiger partial charge in [-0.15, -0.1) is 0 Å². The average molecular weight is 360 g/mol. The third-order valence-corrected chi connectivity index (χ3v) is 4.08. The van der Waals surface area contributed by atoms with Gasteiger partial charge in [0.2, 0.25) is 0 Å². The molecule has 0 amide bonds. The van der Waals surface area contributed by atoms with Gasteiger partial charge in [-0.1, -0.05) is 36.4 Å². The summed E-state index contributed by atoms with van der Waals surface area (Å²) >= 11 is 0. The van der Waals surface area contributed by atoms with Gasteiger partial charge >= 0.3 is 5.97 Å². The lowest BCUT2D eigenvalue weighted by Gasteiger charge is -2.05. The van der Waals surface area contributed by atoms with E-state index in [1.165, 1.54) is 10.5 Å². The summed E-state index contributed by atoms with van der Waals surface area (Å²) in [5, 5.41) is 6.81. The van der Waals surface area contributed by atoms with E-state index in [9.17, 15) is 9.59 Å². The highest BCUT2D eigenvalue weighted by Crippen LogP contribution is 2.17. The van der Waals surface area contributed by atoms with Crippen LogP contribution in [-0.2, 0) is 11.3 Å². The van der Waals surface area contributed by atoms with Crippen molar-refractivity contribution in [2.75, 3.05) is 0 Å². The minimum atomic E-state index is -0.560. The second-order valence-electron chi connectivity index (χ2n) is 6.13. The summed E-state index contributed by atoms with van der Waals surface area (Å²) in [7, 11) is 0. The Labute approximate surface area is 154 Å². The first-order valence-corrected chi connectivity index (χ1v) is 8.37. The van der Waals surface area contributed by atoms with E-state index < -0.39 is 5.97 Å². The van der Waals surface area contributed by atoms with Gasteiger partial charge in [-0.3, -0.25) is 14.3 Å². The van der Waals surface area contributed by atoms with Crippen LogP contribution < -0.4 is 5.56 Å². The van der Waals surface area contributed by atoms with Crippen molar-refractivity contribution < 1.29 is 9.53 Å². The van der Waals surface area contributed by atoms with Gasteiger partial charge in [-0.25, -0.2) is 9.78 Å². The molecule has 4 aromatic rings. The Morgan fingerprint density at radius 1 is 1.15 bits per heavy atom. The molecule has 0 saturated carbocycles. The van der Waals surface area contributed by atoms with Crippen LogP contribution in [0.15, 0.2) is 65.6 Å². The quantitative estimate of drug-likeness (QED) is 0.565. The van der Waals surface area contributed by atoms with E-state index >= 15 is 0 Å². The minimum Gasteiger partial charge on any atom is -0.454 e. The number of fused-ring (bicyclic) bond motifs is 1. The van der Waals surface area contributed by atoms with Crippen LogP contribution in [0.3, 0.4) is 0 Å². The lowest BCUT2D eigenvalue weighted by atomic mass is 10.1. The first-order chi connectivity index (χ1) is 13.1. The number of ether oxygens (including phenoxy) is 1. The highest BCUT2D eigenvalue weighted by molar-refractivity contribution is 5.88. The van der Waals surface area contributed by atoms with Crippen molar-refractivity contribution in [2.45, 2.75) is 13.5 Å². The molecule has 134 valence electrons. The average Bonchev–Trinajstić information content (AvgIpc) is 3.18. The number of esters is 1. The smallest absolute Gasteiger partial charge is 0.356 e. The zero-order chi connectivity index (χ0) is 18.8. The third kappa shape index (κ3) is 3.48. The molecule has 0 saturated heterocycles. The molecule has 7 heteroatoms. The van der Waals surface area contributed by atoms with Crippen LogP contribution in [-0.4, -0.2) is 25.6 Å². The lowest BCUT2D eigenvalue weighted by molar-refractivity contribution is 0.0460. The zero-order valence-electron chi connectivity index (χ0n) is 14.5. The number of hydrogen-bond acceptors (Lipinski definition) is 5. The summed E-state index contributed by atoms with van der Waals surface area (Å²) in [6.45, 7) is 1.80. The maximum atomic E-state index is 12.3. The van der Waals surface area contributed by atoms with Crippen molar-refractivity contribution >= 4 is 11.6 Å². The van der Waals surface area contributed by atoms with Gasteiger partial charge in [0, 0.05) is 17.8 Å². The number of nitrogens with zero attached hydrogens (tertiary/aromatic N) is 3. The first-order valence-electron chi connectivity index (χ1n) is 8.37. The number of benzene rings is 1. The predicted molar refractivity (Wildman–Crippen MR) is 99.3 cm³/mol. The Balaban J connectivity index is 1.50. The summed E-state index contributed by atoms with van der Waals surface area (Å²) in [6.07, 6.45) is 1.72. The van der Waals surface area contributed by atoms with E-state index in [1.807, 2.05) is 43.3 Å². The van der Waals surface area contributed by atoms with Crippen LogP contribution in [0.4, 0.5) is 0 Å². The molecule has 0 aliphatic heterocycles. The van der Waals surface area contributed by atoms with Crippen LogP contribution in [0.2, 0.25) is 0 Å². The molecule has 7 nitrogen and oxygen atoms in total. The molecule has 0 bridgehead atoms. The molecule has 3 heterocycles. The fourth-order valence-electron chi connectivity index (χ4n) is 2.73. The minimum absolute atomic E-state index is 0.0991. The SMILES string of the molecule is Cc1ccc2nc(COC(=O)c3cc(-c4ccccc4)n[nH]3)cc(=O)n2c1. The molecule has 27 heavy (non-hydrogen) atoms. The Morgan fingerprint density at radius 3 is 2.78 bits per heavy atom. The molecular weight excluding hydrogens is 344 g/mol. The molecule has 0 spiro atoms. The van der Waals surface area contributed by atoms with Crippen LogP contribution in [0.1, 0.15) is 21.7 Å². The molecule has 0 aliphatic carbocycles. The second kappa shape index (κ2) is 6.87. The number of hydrogen-bond donors (Lipinski definition) is 1. The molecule has 1 aromatic carbocycles. The van der Waals surface area contributed by atoms with Crippen LogP contribution >= 0.6 is 0 Å². The van der Waals surface area contributed by atoms with Crippen LogP contribution in [0.5, 0.6) is 0 Å². The molecule has 0 atom stereocenters. The van der Waals surface area contributed by atoms with Gasteiger partial charge in [-0.2, -0.15) is 5.10 Å². The summed E-state index contributed by atoms with van der Waals surface area (Å²) in [6, 6.07) is 16.1. The Hall–Kier alpha value is -3.74. The Kier molecular flexibility index (Phi) is 4.25. The third-order valence-electron chi connectivity index (χ3n) is 4.08. The van der Waals surface area contributed by atoms with Crippen molar-refractivity contribution in [3.05, 3.63) is 88.1 Å². The van der Waals surface area contributed by atoms with E-state index in [0.29, 0.717) is 17.0 Å². The fourth-order valence-corrected chi connectivity index (χ4v) is 2.73. The molecule has 0 radical (unpaired) electrons. The Bertz CT molecular complexity index is 1180. The summed E-state index contributed by atoms with van der Waals surface area (Å²) < 4.78 is 6.73. The summed E-state index contributed by atoms with van der Waals surface area (Å²) in [5.41, 5.74) is 3.42. The van der Waals surface area contributed by atoms with Crippen LogP contribution in [0.25, 0.3) is 16.9 Å². The maximum absolute atomic E-state index is 12.3. The van der Waals surface area contributed by atoms with E-state index in [0.717, 1.165) is 11.1 Å². The van der Waals surface area contributed by atoms with E-state index in [-0.39, 0.29) is 17.9 Å². The standard InChI is InChI=1S/C20H16N4O3/c1-13-7-8-18-21-15(9-19(25)24(18)11-13)12-27-20(26)17-10-16(22-23-17)14-5-3-2-4-6-14/h2-11H,12H2,1H3,(H,22,23). The summed E-state index contributed by atoms with van der Waals surface area (Å²) in [5.74, 6) is -0.560. The number of carbonyl (C=O) groups excluding carboxylic acids is 1. The normalized spacial score (nSPS) is 10.9. The lowest BCUT2D eigenvalue weighted by Crippen LogP contribution is -2.17. The van der Waals surface area contributed by atoms with Gasteiger partial charge in [0.15, 0.2) is 0 Å². The monoisotopic (exact) mass is 360 g/mol. The second-order valence-corrected chi connectivity index (χ2v) is 6.13. The molecule has 0 fully saturated rings. The number of pyridine rings is 1. The number of carbonyl (C=O) groups is 1. The molecule has 3 aromatic heterocycles. The largest absolute Gasteiger partial charge is 0.454 e. The highest BCUT2D eigenvalue weighted by atomic mass is 16.5. The maximum Gasteiger partial charge on any atom is 0.356 e. The van der Waals surface area contributed by atoms with Crippen molar-refractivity contribution in [3.8, 4) is 11.3 Å². The molecule has 0 unspecified atom stereocenters. The van der Waals surface area contributed by atoms with Crippen molar-refractivity contribution in [1.29, 1.82) is 0 Å². The van der Waals surface area contributed by atoms with Crippen molar-refractivity contribution in [2.24, 2.45) is 0 Å². The number of nitrogens with one attached hydrogen (secondary N) is 1. The first kappa shape index (κ1) is 16.7. The van der Waals surface area contributed by atoms with Gasteiger partial charge in [0.05, 0.1) is 11.4 Å². The Morgan fingerprint density at radius 2 is 1.96 bits per heavy atom. The van der Waals surface area contributed by atoms with E-state index in [2.05, 4.69) is 15.2 Å². The topological polar surface area (TPSA) is 89.3 Å². The summed E-state index contributed by atoms with van der Waals surface area (Å²) in [4.78, 5) is 28.8. The molecule has 4 rings (SSSR count). The fraction of sp³-hybridized carbons (Fsp3) is 0.100. The molecular formula is C20H16N4O3. The van der Waals surface area contributed by atoms with E-state index in [4.69, 9.17) is 4.74 Å². The van der Waals surface area contributed by atoms with Gasteiger partial charge in [-0.05, 0) is 24.6 Å². The molecule has 0 aliphatic rings. The number of aromatic nitrogens is 4. The molecule has 1 N–H and O–H groups in total.